The van der Waals surface area contributed by atoms with Crippen molar-refractivity contribution >= 4 is 110 Å². The number of hydrogen-bond acceptors (Lipinski definition) is 23. The SMILES string of the molecule is CC=O.CS(=O)(=O)c1ccc([N+](=O)[O-])cc1.CS(=O)(=O)c1ccc([N+](=O)[O-])cc1[N+](=O)[O-].CS(=O)(=O)c1ccccc1[N+](=O)[O-].CS(=O)(=O)c1nc2ccccc2s1.CS(C)(=O)=O.Cc1ccc(S(C)(=O)=O)cc1. The molecule has 6 aromatic rings. The highest BCUT2D eigenvalue weighted by Crippen LogP contribution is 2.28. The van der Waals surface area contributed by atoms with Gasteiger partial charge in [-0.1, -0.05) is 42.0 Å². The van der Waals surface area contributed by atoms with Crippen LogP contribution in [0.5, 0.6) is 0 Å². The molecule has 0 atom stereocenters. The second-order valence-electron chi connectivity index (χ2n) is 14.6. The fraction of sp³-hybridized carbons (Fsp3) is 0.220. The minimum Gasteiger partial charge on any atom is -0.304 e. The van der Waals surface area contributed by atoms with Gasteiger partial charge in [0, 0.05) is 68.1 Å². The van der Waals surface area contributed by atoms with Crippen LogP contribution in [0.15, 0.2) is 139 Å². The molecule has 6 rings (SSSR count). The van der Waals surface area contributed by atoms with Gasteiger partial charge in [-0.2, -0.15) is 0 Å². The van der Waals surface area contributed by atoms with Crippen LogP contribution in [-0.2, 0) is 63.8 Å². The Morgan fingerprint density at radius 1 is 0.459 bits per heavy atom. The predicted molar refractivity (Wildman–Crippen MR) is 275 cm³/mol. The van der Waals surface area contributed by atoms with Crippen LogP contribution in [0.3, 0.4) is 0 Å². The summed E-state index contributed by atoms with van der Waals surface area (Å²) in [5.41, 5.74) is -0.0153. The minimum absolute atomic E-state index is 0.0816. The number of nitrogens with zero attached hydrogens (tertiary/aromatic N) is 5. The topological polar surface area (TPSA) is 407 Å². The molecule has 26 nitrogen and oxygen atoms in total. The van der Waals surface area contributed by atoms with Crippen molar-refractivity contribution in [2.24, 2.45) is 0 Å². The summed E-state index contributed by atoms with van der Waals surface area (Å²) in [7, 11) is -19.4. The molecule has 0 unspecified atom stereocenters. The number of thiazole rings is 1. The third-order valence-corrected chi connectivity index (χ3v) is 15.0. The Morgan fingerprint density at radius 3 is 1.18 bits per heavy atom. The number of sulfone groups is 6. The molecule has 1 heterocycles. The number of carbonyl (C=O) groups is 1. The van der Waals surface area contributed by atoms with E-state index in [4.69, 9.17) is 4.79 Å². The quantitative estimate of drug-likeness (QED) is 0.0927. The number of fused-ring (bicyclic) bond motifs is 1. The summed E-state index contributed by atoms with van der Waals surface area (Å²) in [4.78, 5) is 51.0. The lowest BCUT2D eigenvalue weighted by Crippen LogP contribution is -2.03. The molecule has 0 radical (unpaired) electrons. The zero-order valence-corrected chi connectivity index (χ0v) is 45.9. The first-order valence-electron chi connectivity index (χ1n) is 19.4. The zero-order valence-electron chi connectivity index (χ0n) is 40.2. The standard InChI is InChI=1S/C8H7NO2S2.C8H10O2S.C7H6N2O6S.2C7H7NO4S.C2H6O2S.C2H4O/c1-13(10,11)8-9-6-4-2-3-5-7(6)12-8;1-7-3-5-8(6-4-7)11(2,9)10;1-16(14,15)7-3-2-5(8(10)11)4-6(7)9(12)13;1-13(11,12)7-4-2-6(3-5-7)8(9)10;1-13(11,12)7-5-3-2-4-6(7)8(9)10;1-5(2,3)4;1-2-3/h2-5H,1H3;3-6H,1-2H3;2-4H,1H3;2*2-5H,1H3;1-2H3;2H,1H3. The molecule has 1 aromatic heterocycles. The van der Waals surface area contributed by atoms with Crippen molar-refractivity contribution in [3.63, 3.8) is 0 Å². The van der Waals surface area contributed by atoms with Crippen LogP contribution in [0, 0.1) is 47.4 Å². The smallest absolute Gasteiger partial charge is 0.294 e. The summed E-state index contributed by atoms with van der Waals surface area (Å²) in [6.07, 6.45) is 8.23. The molecule has 0 aliphatic heterocycles. The minimum atomic E-state index is -3.79. The molecule has 0 aliphatic carbocycles. The number of aromatic nitrogens is 1. The van der Waals surface area contributed by atoms with Crippen molar-refractivity contribution < 1.29 is 75.0 Å². The van der Waals surface area contributed by atoms with Gasteiger partial charge in [-0.05, 0) is 62.4 Å². The molecule has 404 valence electrons. The van der Waals surface area contributed by atoms with Crippen LogP contribution >= 0.6 is 11.3 Å². The maximum absolute atomic E-state index is 11.2. The number of nitro benzene ring substituents is 4. The number of aldehydes is 1. The van der Waals surface area contributed by atoms with E-state index in [-0.39, 0.29) is 25.5 Å². The molecule has 0 saturated carbocycles. The lowest BCUT2D eigenvalue weighted by Gasteiger charge is -1.99. The average Bonchev–Trinajstić information content (AvgIpc) is 3.72. The molecular formula is C41H47N5O21S7. The molecule has 0 fully saturated rings. The van der Waals surface area contributed by atoms with Gasteiger partial charge in [0.2, 0.25) is 14.2 Å². The summed E-state index contributed by atoms with van der Waals surface area (Å²) < 4.78 is 131. The molecule has 74 heavy (non-hydrogen) atoms. The van der Waals surface area contributed by atoms with Crippen LogP contribution in [0.1, 0.15) is 12.5 Å². The second-order valence-corrected chi connectivity index (χ2v) is 28.1. The van der Waals surface area contributed by atoms with Gasteiger partial charge in [0.15, 0.2) is 39.3 Å². The number of hydrogen-bond donors (Lipinski definition) is 0. The normalized spacial score (nSPS) is 11.1. The highest BCUT2D eigenvalue weighted by molar-refractivity contribution is 7.93. The highest BCUT2D eigenvalue weighted by Gasteiger charge is 2.25. The van der Waals surface area contributed by atoms with E-state index in [1.165, 1.54) is 61.1 Å². The van der Waals surface area contributed by atoms with E-state index in [2.05, 4.69) is 4.98 Å². The molecule has 5 aromatic carbocycles. The van der Waals surface area contributed by atoms with E-state index in [9.17, 15) is 91.0 Å². The molecule has 0 amide bonds. The first kappa shape index (κ1) is 67.0. The number of benzene rings is 5. The molecule has 0 bridgehead atoms. The summed E-state index contributed by atoms with van der Waals surface area (Å²) in [6, 6.07) is 26.6. The summed E-state index contributed by atoms with van der Waals surface area (Å²) in [6.45, 7) is 3.37. The van der Waals surface area contributed by atoms with Crippen molar-refractivity contribution in [3.05, 3.63) is 161 Å². The van der Waals surface area contributed by atoms with Gasteiger partial charge < -0.3 is 4.79 Å². The first-order valence-corrected chi connectivity index (χ1v) is 32.0. The molecule has 0 aliphatic rings. The number of rotatable bonds is 9. The van der Waals surface area contributed by atoms with Crippen molar-refractivity contribution in [2.75, 3.05) is 43.8 Å². The summed E-state index contributed by atoms with van der Waals surface area (Å²) in [5, 5.41) is 41.6. The van der Waals surface area contributed by atoms with Crippen molar-refractivity contribution in [3.8, 4) is 0 Å². The van der Waals surface area contributed by atoms with Gasteiger partial charge in [-0.25, -0.2) is 55.5 Å². The van der Waals surface area contributed by atoms with Crippen LogP contribution in [0.2, 0.25) is 0 Å². The Labute approximate surface area is 429 Å². The Hall–Kier alpha value is -7.04. The van der Waals surface area contributed by atoms with Crippen LogP contribution in [-0.4, -0.2) is 125 Å². The first-order chi connectivity index (χ1) is 33.6. The van der Waals surface area contributed by atoms with Gasteiger partial charge in [0.25, 0.3) is 22.7 Å². The largest absolute Gasteiger partial charge is 0.304 e. The van der Waals surface area contributed by atoms with Gasteiger partial charge in [0.1, 0.15) is 25.9 Å². The van der Waals surface area contributed by atoms with E-state index >= 15 is 0 Å². The molecule has 0 N–H and O–H groups in total. The van der Waals surface area contributed by atoms with E-state index in [0.29, 0.717) is 11.0 Å². The molecule has 0 spiro atoms. The third-order valence-electron chi connectivity index (χ3n) is 7.73. The fourth-order valence-corrected chi connectivity index (χ4v) is 9.38. The van der Waals surface area contributed by atoms with Crippen LogP contribution in [0.4, 0.5) is 22.7 Å². The van der Waals surface area contributed by atoms with Crippen molar-refractivity contribution in [1.29, 1.82) is 0 Å². The van der Waals surface area contributed by atoms with E-state index < -0.39 is 95.0 Å². The summed E-state index contributed by atoms with van der Waals surface area (Å²) >= 11 is 1.21. The molecule has 0 saturated heterocycles. The van der Waals surface area contributed by atoms with Gasteiger partial charge >= 0.3 is 0 Å². The lowest BCUT2D eigenvalue weighted by molar-refractivity contribution is -0.396. The number of nitro groups is 4. The highest BCUT2D eigenvalue weighted by atomic mass is 32.2. The maximum atomic E-state index is 11.2. The Bertz CT molecular complexity index is 3620. The predicted octanol–water partition coefficient (Wildman–Crippen LogP) is 5.87. The zero-order chi connectivity index (χ0) is 57.8. The third kappa shape index (κ3) is 25.6. The number of carbonyl (C=O) groups excluding carboxylic acids is 1. The lowest BCUT2D eigenvalue weighted by atomic mass is 10.2. The monoisotopic (exact) mass is 1170 g/mol. The van der Waals surface area contributed by atoms with Crippen LogP contribution < -0.4 is 0 Å². The van der Waals surface area contributed by atoms with Gasteiger partial charge in [-0.3, -0.25) is 40.5 Å². The Kier molecular flexibility index (Phi) is 25.7. The maximum Gasteiger partial charge on any atom is 0.294 e. The summed E-state index contributed by atoms with van der Waals surface area (Å²) in [5.74, 6) is 0. The van der Waals surface area contributed by atoms with Gasteiger partial charge in [0.05, 0.1) is 45.8 Å². The number of aryl methyl sites for hydroxylation is 1. The Balaban J connectivity index is 0.000000870. The van der Waals surface area contributed by atoms with E-state index in [1.807, 2.05) is 25.1 Å². The number of para-hydroxylation sites is 2. The van der Waals surface area contributed by atoms with Gasteiger partial charge in [-0.15, -0.1) is 11.3 Å². The Morgan fingerprint density at radius 2 is 0.824 bits per heavy atom. The second kappa shape index (κ2) is 28.4. The fourth-order valence-electron chi connectivity index (χ4n) is 4.61. The average molecular weight is 1170 g/mol. The molecular weight excluding hydrogens is 1120 g/mol. The van der Waals surface area contributed by atoms with Crippen molar-refractivity contribution in [2.45, 2.75) is 37.8 Å². The van der Waals surface area contributed by atoms with Crippen molar-refractivity contribution in [1.82, 2.24) is 4.98 Å². The van der Waals surface area contributed by atoms with Crippen LogP contribution in [0.25, 0.3) is 10.2 Å². The van der Waals surface area contributed by atoms with E-state index in [0.717, 1.165) is 83.7 Å². The van der Waals surface area contributed by atoms with E-state index in [1.54, 1.807) is 30.3 Å². The number of non-ortho nitro benzene ring substituents is 2. The molecule has 33 heteroatoms.